The maximum Gasteiger partial charge on any atom is 0.257 e. The summed E-state index contributed by atoms with van der Waals surface area (Å²) in [6, 6.07) is 17.4. The van der Waals surface area contributed by atoms with Gasteiger partial charge in [-0.3, -0.25) is 9.59 Å². The fourth-order valence-corrected chi connectivity index (χ4v) is 3.86. The van der Waals surface area contributed by atoms with Gasteiger partial charge in [-0.25, -0.2) is 13.1 Å². The number of rotatable bonds is 10. The molecule has 8 heteroatoms. The number of amides is 2. The van der Waals surface area contributed by atoms with Crippen molar-refractivity contribution < 1.29 is 23.1 Å². The van der Waals surface area contributed by atoms with E-state index in [0.717, 1.165) is 5.41 Å². The first kappa shape index (κ1) is 24.3. The lowest BCUT2D eigenvalue weighted by Gasteiger charge is -2.27. The van der Waals surface area contributed by atoms with Crippen LogP contribution in [0.2, 0.25) is 0 Å². The van der Waals surface area contributed by atoms with Crippen molar-refractivity contribution in [3.05, 3.63) is 71.6 Å². The van der Waals surface area contributed by atoms with Gasteiger partial charge in [0.25, 0.3) is 10.0 Å². The SMILES string of the molecule is CC(C)CC(C(=O)NS(=O)(=O)/C=C/c1ccccc1)C(=O)N(CCO)c1ccccc1. The summed E-state index contributed by atoms with van der Waals surface area (Å²) in [6.07, 6.45) is 1.54. The molecular weight excluding hydrogens is 416 g/mol. The highest BCUT2D eigenvalue weighted by atomic mass is 32.2. The molecule has 0 heterocycles. The van der Waals surface area contributed by atoms with Crippen molar-refractivity contribution in [1.82, 2.24) is 4.72 Å². The van der Waals surface area contributed by atoms with E-state index < -0.39 is 27.8 Å². The molecule has 0 spiro atoms. The fourth-order valence-electron chi connectivity index (χ4n) is 3.03. The number of anilines is 1. The molecular formula is C23H28N2O5S. The number of nitrogens with zero attached hydrogens (tertiary/aromatic N) is 1. The zero-order valence-corrected chi connectivity index (χ0v) is 18.5. The molecule has 0 aromatic heterocycles. The minimum atomic E-state index is -4.10. The molecule has 31 heavy (non-hydrogen) atoms. The number of nitrogens with one attached hydrogen (secondary N) is 1. The first-order chi connectivity index (χ1) is 14.7. The molecule has 2 rings (SSSR count). The van der Waals surface area contributed by atoms with E-state index >= 15 is 0 Å². The molecule has 1 unspecified atom stereocenters. The Labute approximate surface area is 183 Å². The molecule has 0 radical (unpaired) electrons. The van der Waals surface area contributed by atoms with Crippen LogP contribution in [0.4, 0.5) is 5.69 Å². The van der Waals surface area contributed by atoms with Crippen LogP contribution in [0.3, 0.4) is 0 Å². The van der Waals surface area contributed by atoms with Crippen LogP contribution < -0.4 is 9.62 Å². The number of benzene rings is 2. The summed E-state index contributed by atoms with van der Waals surface area (Å²) in [4.78, 5) is 27.4. The molecule has 0 saturated heterocycles. The van der Waals surface area contributed by atoms with Gasteiger partial charge in [0.2, 0.25) is 11.8 Å². The van der Waals surface area contributed by atoms with E-state index in [2.05, 4.69) is 0 Å². The first-order valence-corrected chi connectivity index (χ1v) is 11.5. The lowest BCUT2D eigenvalue weighted by Crippen LogP contribution is -2.46. The van der Waals surface area contributed by atoms with Crippen molar-refractivity contribution in [3.63, 3.8) is 0 Å². The van der Waals surface area contributed by atoms with Crippen molar-refractivity contribution in [1.29, 1.82) is 0 Å². The Bertz CT molecular complexity index is 989. The molecule has 2 aromatic rings. The molecule has 7 nitrogen and oxygen atoms in total. The van der Waals surface area contributed by atoms with Crippen molar-refractivity contribution >= 4 is 33.6 Å². The van der Waals surface area contributed by atoms with Gasteiger partial charge in [-0.15, -0.1) is 0 Å². The lowest BCUT2D eigenvalue weighted by atomic mass is 9.95. The molecule has 0 aliphatic rings. The summed E-state index contributed by atoms with van der Waals surface area (Å²) < 4.78 is 26.8. The second-order valence-electron chi connectivity index (χ2n) is 7.46. The Morgan fingerprint density at radius 1 is 1.03 bits per heavy atom. The molecule has 2 amide bonds. The molecule has 0 aliphatic carbocycles. The van der Waals surface area contributed by atoms with Crippen molar-refractivity contribution in [2.24, 2.45) is 11.8 Å². The summed E-state index contributed by atoms with van der Waals surface area (Å²) in [5.41, 5.74) is 1.18. The fraction of sp³-hybridized carbons (Fsp3) is 0.304. The second kappa shape index (κ2) is 11.4. The summed E-state index contributed by atoms with van der Waals surface area (Å²) in [7, 11) is -4.10. The number of hydrogen-bond donors (Lipinski definition) is 2. The average Bonchev–Trinajstić information content (AvgIpc) is 2.75. The first-order valence-electron chi connectivity index (χ1n) is 10.0. The predicted molar refractivity (Wildman–Crippen MR) is 121 cm³/mol. The molecule has 166 valence electrons. The zero-order chi connectivity index (χ0) is 22.9. The highest BCUT2D eigenvalue weighted by molar-refractivity contribution is 7.93. The Morgan fingerprint density at radius 2 is 1.61 bits per heavy atom. The molecule has 0 aliphatic heterocycles. The third kappa shape index (κ3) is 7.66. The van der Waals surface area contributed by atoms with E-state index in [4.69, 9.17) is 0 Å². The minimum Gasteiger partial charge on any atom is -0.395 e. The van der Waals surface area contributed by atoms with Crippen molar-refractivity contribution in [2.45, 2.75) is 20.3 Å². The van der Waals surface area contributed by atoms with Crippen molar-refractivity contribution in [3.8, 4) is 0 Å². The Balaban J connectivity index is 2.24. The monoisotopic (exact) mass is 444 g/mol. The smallest absolute Gasteiger partial charge is 0.257 e. The van der Waals surface area contributed by atoms with Crippen LogP contribution >= 0.6 is 0 Å². The maximum atomic E-state index is 13.2. The molecule has 2 N–H and O–H groups in total. The Kier molecular flexibility index (Phi) is 8.96. The third-order valence-electron chi connectivity index (χ3n) is 4.46. The van der Waals surface area contributed by atoms with Gasteiger partial charge in [0.1, 0.15) is 5.92 Å². The molecule has 1 atom stereocenters. The highest BCUT2D eigenvalue weighted by Gasteiger charge is 2.33. The topological polar surface area (TPSA) is 104 Å². The largest absolute Gasteiger partial charge is 0.395 e. The predicted octanol–water partition coefficient (Wildman–Crippen LogP) is 2.79. The van der Waals surface area contributed by atoms with Crippen LogP contribution in [0.25, 0.3) is 6.08 Å². The van der Waals surface area contributed by atoms with Crippen LogP contribution in [0.15, 0.2) is 66.1 Å². The van der Waals surface area contributed by atoms with E-state index in [9.17, 15) is 23.1 Å². The average molecular weight is 445 g/mol. The normalized spacial score (nSPS) is 12.6. The van der Waals surface area contributed by atoms with E-state index in [1.165, 1.54) is 11.0 Å². The third-order valence-corrected chi connectivity index (χ3v) is 5.44. The van der Waals surface area contributed by atoms with Gasteiger partial charge in [0.15, 0.2) is 0 Å². The van der Waals surface area contributed by atoms with E-state index in [1.54, 1.807) is 60.7 Å². The molecule has 0 bridgehead atoms. The number of hydrogen-bond acceptors (Lipinski definition) is 5. The van der Waals surface area contributed by atoms with Crippen LogP contribution in [0, 0.1) is 11.8 Å². The Morgan fingerprint density at radius 3 is 2.16 bits per heavy atom. The van der Waals surface area contributed by atoms with E-state index in [0.29, 0.717) is 11.3 Å². The van der Waals surface area contributed by atoms with Gasteiger partial charge in [0, 0.05) is 12.2 Å². The van der Waals surface area contributed by atoms with Gasteiger partial charge >= 0.3 is 0 Å². The number of sulfonamides is 1. The van der Waals surface area contributed by atoms with Gasteiger partial charge < -0.3 is 10.0 Å². The quantitative estimate of drug-likeness (QED) is 0.549. The van der Waals surface area contributed by atoms with Gasteiger partial charge in [-0.2, -0.15) is 0 Å². The minimum absolute atomic E-state index is 0.00855. The van der Waals surface area contributed by atoms with Crippen LogP contribution in [-0.2, 0) is 19.6 Å². The highest BCUT2D eigenvalue weighted by Crippen LogP contribution is 2.21. The number of aliphatic hydroxyl groups excluding tert-OH is 1. The second-order valence-corrected chi connectivity index (χ2v) is 9.02. The van der Waals surface area contributed by atoms with Gasteiger partial charge in [-0.05, 0) is 36.1 Å². The lowest BCUT2D eigenvalue weighted by molar-refractivity contribution is -0.133. The van der Waals surface area contributed by atoms with E-state index in [-0.39, 0.29) is 25.5 Å². The number of carbonyl (C=O) groups excluding carboxylic acids is 2. The van der Waals surface area contributed by atoms with E-state index in [1.807, 2.05) is 18.6 Å². The number of para-hydroxylation sites is 1. The molecule has 2 aromatic carbocycles. The summed E-state index contributed by atoms with van der Waals surface area (Å²) in [6.45, 7) is 3.38. The van der Waals surface area contributed by atoms with Crippen LogP contribution in [-0.4, -0.2) is 38.5 Å². The van der Waals surface area contributed by atoms with Crippen molar-refractivity contribution in [2.75, 3.05) is 18.1 Å². The van der Waals surface area contributed by atoms with Crippen LogP contribution in [0.1, 0.15) is 25.8 Å². The molecule has 0 saturated carbocycles. The zero-order valence-electron chi connectivity index (χ0n) is 17.6. The summed E-state index contributed by atoms with van der Waals surface area (Å²) >= 11 is 0. The molecule has 0 fully saturated rings. The summed E-state index contributed by atoms with van der Waals surface area (Å²) in [5, 5.41) is 10.3. The Hall–Kier alpha value is -2.97. The summed E-state index contributed by atoms with van der Waals surface area (Å²) in [5.74, 6) is -2.70. The van der Waals surface area contributed by atoms with Gasteiger partial charge in [0.05, 0.1) is 12.0 Å². The van der Waals surface area contributed by atoms with Gasteiger partial charge in [-0.1, -0.05) is 62.4 Å². The maximum absolute atomic E-state index is 13.2. The number of carbonyl (C=O) groups is 2. The number of aliphatic hydroxyl groups is 1. The standard InChI is InChI=1S/C23H28N2O5S/c1-18(2)17-21(23(28)25(14-15-26)20-11-7-4-8-12-20)22(27)24-31(29,30)16-13-19-9-5-3-6-10-19/h3-13,16,18,21,26H,14-15,17H2,1-2H3,(H,24,27)/b16-13+. The van der Waals surface area contributed by atoms with Crippen LogP contribution in [0.5, 0.6) is 0 Å².